The minimum Gasteiger partial charge on any atom is -0.197 e. The van der Waals surface area contributed by atoms with Crippen LogP contribution in [0.1, 0.15) is 18.4 Å². The zero-order valence-electron chi connectivity index (χ0n) is 9.19. The summed E-state index contributed by atoms with van der Waals surface area (Å²) in [7, 11) is 0. The van der Waals surface area contributed by atoms with Gasteiger partial charge < -0.3 is 0 Å². The van der Waals surface area contributed by atoms with E-state index >= 15 is 0 Å². The minimum atomic E-state index is -0.919. The van der Waals surface area contributed by atoms with Crippen LogP contribution in [0.4, 0.5) is 0 Å². The topological polar surface area (TPSA) is 47.6 Å². The summed E-state index contributed by atoms with van der Waals surface area (Å²) < 4.78 is 0. The number of hydrogen-bond acceptors (Lipinski definition) is 2. The van der Waals surface area contributed by atoms with Crippen LogP contribution in [-0.2, 0) is 6.42 Å². The Kier molecular flexibility index (Phi) is 4.30. The molecular formula is C14H14N2. The smallest absolute Gasteiger partial charge is 0.147 e. The molecule has 0 aliphatic rings. The van der Waals surface area contributed by atoms with Crippen molar-refractivity contribution in [2.75, 3.05) is 0 Å². The Labute approximate surface area is 96.4 Å². The molecule has 0 heterocycles. The van der Waals surface area contributed by atoms with Crippen LogP contribution in [0, 0.1) is 28.1 Å². The molecule has 80 valence electrons. The molecule has 0 aromatic heterocycles. The Hall–Kier alpha value is -2.06. The normalized spacial score (nSPS) is 10.1. The molecule has 0 fully saturated rings. The Morgan fingerprint density at radius 3 is 2.31 bits per heavy atom. The summed E-state index contributed by atoms with van der Waals surface area (Å²) in [5.74, 6) is 0. The number of nitriles is 2. The molecule has 0 saturated heterocycles. The fourth-order valence-electron chi connectivity index (χ4n) is 1.58. The van der Waals surface area contributed by atoms with Gasteiger partial charge in [-0.2, -0.15) is 10.5 Å². The monoisotopic (exact) mass is 210 g/mol. The SMILES string of the molecule is C=CCC(C#N)(C#N)CCc1ccccc1. The summed E-state index contributed by atoms with van der Waals surface area (Å²) in [6.45, 7) is 3.59. The third-order valence-electron chi connectivity index (χ3n) is 2.60. The molecule has 0 atom stereocenters. The molecule has 0 aliphatic heterocycles. The molecule has 1 rings (SSSR count). The van der Waals surface area contributed by atoms with Gasteiger partial charge in [-0.1, -0.05) is 36.4 Å². The van der Waals surface area contributed by atoms with Crippen molar-refractivity contribution in [1.82, 2.24) is 0 Å². The van der Waals surface area contributed by atoms with Gasteiger partial charge >= 0.3 is 0 Å². The first-order valence-electron chi connectivity index (χ1n) is 5.24. The third kappa shape index (κ3) is 2.97. The molecule has 16 heavy (non-hydrogen) atoms. The largest absolute Gasteiger partial charge is 0.197 e. The second-order valence-electron chi connectivity index (χ2n) is 3.78. The molecule has 0 saturated carbocycles. The Bertz CT molecular complexity index is 406. The molecule has 0 unspecified atom stereocenters. The molecule has 0 radical (unpaired) electrons. The Balaban J connectivity index is 2.69. The molecule has 0 bridgehead atoms. The van der Waals surface area contributed by atoms with Crippen LogP contribution in [0.3, 0.4) is 0 Å². The Morgan fingerprint density at radius 2 is 1.81 bits per heavy atom. The van der Waals surface area contributed by atoms with Gasteiger partial charge in [0.1, 0.15) is 5.41 Å². The first kappa shape index (κ1) is 12.0. The minimum absolute atomic E-state index is 0.423. The lowest BCUT2D eigenvalue weighted by molar-refractivity contribution is 0.484. The van der Waals surface area contributed by atoms with Crippen molar-refractivity contribution in [3.63, 3.8) is 0 Å². The Morgan fingerprint density at radius 1 is 1.19 bits per heavy atom. The van der Waals surface area contributed by atoms with Gasteiger partial charge in [0.15, 0.2) is 0 Å². The van der Waals surface area contributed by atoms with Crippen molar-refractivity contribution in [3.05, 3.63) is 48.6 Å². The van der Waals surface area contributed by atoms with E-state index in [1.165, 1.54) is 0 Å². The summed E-state index contributed by atoms with van der Waals surface area (Å²) in [5, 5.41) is 18.1. The van der Waals surface area contributed by atoms with E-state index in [4.69, 9.17) is 10.5 Å². The summed E-state index contributed by atoms with van der Waals surface area (Å²) in [6.07, 6.45) is 3.36. The van der Waals surface area contributed by atoms with E-state index in [0.717, 1.165) is 12.0 Å². The molecule has 0 N–H and O–H groups in total. The van der Waals surface area contributed by atoms with Crippen molar-refractivity contribution in [3.8, 4) is 12.1 Å². The van der Waals surface area contributed by atoms with Crippen LogP contribution in [0.25, 0.3) is 0 Å². The molecule has 1 aromatic rings. The van der Waals surface area contributed by atoms with Crippen LogP contribution in [0.5, 0.6) is 0 Å². The summed E-state index contributed by atoms with van der Waals surface area (Å²) in [4.78, 5) is 0. The van der Waals surface area contributed by atoms with Gasteiger partial charge in [-0.25, -0.2) is 0 Å². The van der Waals surface area contributed by atoms with E-state index in [0.29, 0.717) is 12.8 Å². The maximum absolute atomic E-state index is 9.07. The van der Waals surface area contributed by atoms with E-state index in [1.54, 1.807) is 6.08 Å². The lowest BCUT2D eigenvalue weighted by atomic mass is 9.82. The fraction of sp³-hybridized carbons (Fsp3) is 0.286. The van der Waals surface area contributed by atoms with Gasteiger partial charge in [0.05, 0.1) is 12.1 Å². The van der Waals surface area contributed by atoms with Crippen molar-refractivity contribution in [2.24, 2.45) is 5.41 Å². The first-order chi connectivity index (χ1) is 7.76. The maximum atomic E-state index is 9.07. The van der Waals surface area contributed by atoms with Crippen molar-refractivity contribution in [1.29, 1.82) is 10.5 Å². The van der Waals surface area contributed by atoms with E-state index < -0.39 is 5.41 Å². The first-order valence-corrected chi connectivity index (χ1v) is 5.24. The lowest BCUT2D eigenvalue weighted by Crippen LogP contribution is -2.16. The lowest BCUT2D eigenvalue weighted by Gasteiger charge is -2.15. The summed E-state index contributed by atoms with van der Waals surface area (Å²) in [6, 6.07) is 14.1. The highest BCUT2D eigenvalue weighted by atomic mass is 14.4. The summed E-state index contributed by atoms with van der Waals surface area (Å²) in [5.41, 5.74) is 0.235. The third-order valence-corrected chi connectivity index (χ3v) is 2.60. The van der Waals surface area contributed by atoms with E-state index in [9.17, 15) is 0 Å². The average molecular weight is 210 g/mol. The number of hydrogen-bond donors (Lipinski definition) is 0. The number of allylic oxidation sites excluding steroid dienone is 1. The highest BCUT2D eigenvalue weighted by Gasteiger charge is 2.27. The predicted molar refractivity (Wildman–Crippen MR) is 63.2 cm³/mol. The zero-order valence-corrected chi connectivity index (χ0v) is 9.19. The quantitative estimate of drug-likeness (QED) is 0.700. The number of benzene rings is 1. The second-order valence-corrected chi connectivity index (χ2v) is 3.78. The highest BCUT2D eigenvalue weighted by molar-refractivity contribution is 5.20. The second kappa shape index (κ2) is 5.73. The van der Waals surface area contributed by atoms with Crippen LogP contribution < -0.4 is 0 Å². The molecular weight excluding hydrogens is 196 g/mol. The standard InChI is InChI=1S/C14H14N2/c1-2-9-14(11-15,12-16)10-8-13-6-4-3-5-7-13/h2-7H,1,8-10H2. The van der Waals surface area contributed by atoms with Gasteiger partial charge in [0.2, 0.25) is 0 Å². The molecule has 0 amide bonds. The molecule has 0 aliphatic carbocycles. The molecule has 0 spiro atoms. The van der Waals surface area contributed by atoms with Crippen LogP contribution >= 0.6 is 0 Å². The van der Waals surface area contributed by atoms with Crippen molar-refractivity contribution >= 4 is 0 Å². The van der Waals surface area contributed by atoms with Crippen LogP contribution in [-0.4, -0.2) is 0 Å². The van der Waals surface area contributed by atoms with Crippen LogP contribution in [0.15, 0.2) is 43.0 Å². The van der Waals surface area contributed by atoms with E-state index in [-0.39, 0.29) is 0 Å². The van der Waals surface area contributed by atoms with Crippen LogP contribution in [0.2, 0.25) is 0 Å². The van der Waals surface area contributed by atoms with Gasteiger partial charge in [-0.15, -0.1) is 6.58 Å². The zero-order chi connectivity index (χ0) is 11.9. The van der Waals surface area contributed by atoms with Gasteiger partial charge in [-0.05, 0) is 24.8 Å². The average Bonchev–Trinajstić information content (AvgIpc) is 2.36. The van der Waals surface area contributed by atoms with Gasteiger partial charge in [0, 0.05) is 0 Å². The molecule has 1 aromatic carbocycles. The van der Waals surface area contributed by atoms with E-state index in [2.05, 4.69) is 18.7 Å². The number of nitrogens with zero attached hydrogens (tertiary/aromatic N) is 2. The molecule has 2 heteroatoms. The maximum Gasteiger partial charge on any atom is 0.147 e. The predicted octanol–water partition coefficient (Wildman–Crippen LogP) is 3.23. The summed E-state index contributed by atoms with van der Waals surface area (Å²) >= 11 is 0. The van der Waals surface area contributed by atoms with Gasteiger partial charge in [0.25, 0.3) is 0 Å². The van der Waals surface area contributed by atoms with Crippen molar-refractivity contribution in [2.45, 2.75) is 19.3 Å². The fourth-order valence-corrected chi connectivity index (χ4v) is 1.58. The number of rotatable bonds is 5. The number of aryl methyl sites for hydroxylation is 1. The van der Waals surface area contributed by atoms with Gasteiger partial charge in [-0.3, -0.25) is 0 Å². The molecule has 2 nitrogen and oxygen atoms in total. The highest BCUT2D eigenvalue weighted by Crippen LogP contribution is 2.27. The van der Waals surface area contributed by atoms with E-state index in [1.807, 2.05) is 30.3 Å². The van der Waals surface area contributed by atoms with Crippen molar-refractivity contribution < 1.29 is 0 Å².